The van der Waals surface area contributed by atoms with Crippen molar-refractivity contribution in [1.29, 1.82) is 0 Å². The third-order valence-electron chi connectivity index (χ3n) is 2.98. The zero-order chi connectivity index (χ0) is 11.2. The topological polar surface area (TPSA) is 35.2 Å². The maximum absolute atomic E-state index is 6.21. The summed E-state index contributed by atoms with van der Waals surface area (Å²) in [4.78, 5) is 0. The number of halogens is 1. The number of aryl methyl sites for hydroxylation is 1. The summed E-state index contributed by atoms with van der Waals surface area (Å²) in [5.74, 6) is 0.903. The van der Waals surface area contributed by atoms with Crippen LogP contribution >= 0.6 is 11.6 Å². The van der Waals surface area contributed by atoms with Gasteiger partial charge >= 0.3 is 0 Å². The lowest BCUT2D eigenvalue weighted by molar-refractivity contribution is 0.176. The molecule has 0 amide bonds. The van der Waals surface area contributed by atoms with Crippen molar-refractivity contribution in [3.8, 4) is 5.75 Å². The molecule has 0 bridgehead atoms. The minimum Gasteiger partial charge on any atom is -0.490 e. The van der Waals surface area contributed by atoms with Crippen molar-refractivity contribution >= 4 is 11.6 Å². The van der Waals surface area contributed by atoms with Gasteiger partial charge in [-0.15, -0.1) is 0 Å². The van der Waals surface area contributed by atoms with Crippen LogP contribution in [-0.4, -0.2) is 6.10 Å². The van der Waals surface area contributed by atoms with Gasteiger partial charge in [-0.25, -0.2) is 0 Å². The average molecular weight is 226 g/mol. The third kappa shape index (κ3) is 1.72. The summed E-state index contributed by atoms with van der Waals surface area (Å²) in [5, 5.41) is 0.808. The van der Waals surface area contributed by atoms with Gasteiger partial charge in [-0.05, 0) is 38.0 Å². The highest BCUT2D eigenvalue weighted by Gasteiger charge is 2.26. The van der Waals surface area contributed by atoms with E-state index in [-0.39, 0.29) is 12.1 Å². The molecule has 1 aliphatic heterocycles. The van der Waals surface area contributed by atoms with Crippen molar-refractivity contribution in [3.63, 3.8) is 0 Å². The zero-order valence-corrected chi connectivity index (χ0v) is 10.1. The van der Waals surface area contributed by atoms with Gasteiger partial charge in [-0.3, -0.25) is 0 Å². The van der Waals surface area contributed by atoms with Crippen molar-refractivity contribution in [3.05, 3.63) is 27.8 Å². The van der Waals surface area contributed by atoms with Crippen LogP contribution in [0.4, 0.5) is 0 Å². The van der Waals surface area contributed by atoms with E-state index in [2.05, 4.69) is 0 Å². The van der Waals surface area contributed by atoms with Gasteiger partial charge in [0.1, 0.15) is 5.75 Å². The molecule has 1 aromatic carbocycles. The number of ether oxygens (including phenoxy) is 1. The zero-order valence-electron chi connectivity index (χ0n) is 9.30. The molecule has 15 heavy (non-hydrogen) atoms. The fourth-order valence-corrected chi connectivity index (χ4v) is 2.39. The van der Waals surface area contributed by atoms with Crippen LogP contribution in [0.2, 0.25) is 5.02 Å². The molecule has 2 unspecified atom stereocenters. The molecule has 2 nitrogen and oxygen atoms in total. The maximum Gasteiger partial charge on any atom is 0.125 e. The number of rotatable bonds is 0. The molecule has 0 radical (unpaired) electrons. The molecule has 3 heteroatoms. The van der Waals surface area contributed by atoms with E-state index in [0.29, 0.717) is 0 Å². The molecule has 0 fully saturated rings. The van der Waals surface area contributed by atoms with E-state index in [1.165, 1.54) is 0 Å². The summed E-state index contributed by atoms with van der Waals surface area (Å²) in [5.41, 5.74) is 9.30. The molecule has 2 atom stereocenters. The first kappa shape index (κ1) is 10.8. The summed E-state index contributed by atoms with van der Waals surface area (Å²) in [6.07, 6.45) is 1.04. The van der Waals surface area contributed by atoms with E-state index in [9.17, 15) is 0 Å². The van der Waals surface area contributed by atoms with E-state index in [4.69, 9.17) is 22.1 Å². The van der Waals surface area contributed by atoms with Crippen LogP contribution in [0, 0.1) is 13.8 Å². The van der Waals surface area contributed by atoms with Crippen molar-refractivity contribution in [1.82, 2.24) is 0 Å². The first-order chi connectivity index (χ1) is 7.00. The molecule has 0 saturated heterocycles. The quantitative estimate of drug-likeness (QED) is 0.736. The minimum absolute atomic E-state index is 0.0434. The summed E-state index contributed by atoms with van der Waals surface area (Å²) in [7, 11) is 0. The SMILES string of the molecule is Cc1cc2c(c(C)c1Cl)C(N)CC(C)O2. The van der Waals surface area contributed by atoms with Gasteiger partial charge in [0.05, 0.1) is 6.10 Å². The number of nitrogens with two attached hydrogens (primary N) is 1. The highest BCUT2D eigenvalue weighted by atomic mass is 35.5. The molecular weight excluding hydrogens is 210 g/mol. The Hall–Kier alpha value is -0.730. The smallest absolute Gasteiger partial charge is 0.125 e. The van der Waals surface area contributed by atoms with Crippen LogP contribution in [0.25, 0.3) is 0 Å². The van der Waals surface area contributed by atoms with Gasteiger partial charge in [0.15, 0.2) is 0 Å². The van der Waals surface area contributed by atoms with E-state index < -0.39 is 0 Å². The van der Waals surface area contributed by atoms with E-state index in [1.54, 1.807) is 0 Å². The monoisotopic (exact) mass is 225 g/mol. The number of fused-ring (bicyclic) bond motifs is 1. The number of hydrogen-bond donors (Lipinski definition) is 1. The molecule has 1 aliphatic rings. The lowest BCUT2D eigenvalue weighted by Gasteiger charge is -2.30. The first-order valence-electron chi connectivity index (χ1n) is 5.22. The van der Waals surface area contributed by atoms with Gasteiger partial charge < -0.3 is 10.5 Å². The molecule has 0 aromatic heterocycles. The summed E-state index contributed by atoms with van der Waals surface area (Å²) in [6, 6.07) is 2.03. The van der Waals surface area contributed by atoms with E-state index in [1.807, 2.05) is 26.8 Å². The van der Waals surface area contributed by atoms with Crippen LogP contribution in [-0.2, 0) is 0 Å². The highest BCUT2D eigenvalue weighted by molar-refractivity contribution is 6.32. The fraction of sp³-hybridized carbons (Fsp3) is 0.500. The molecule has 0 aliphatic carbocycles. The Morgan fingerprint density at radius 3 is 2.80 bits per heavy atom. The molecule has 1 heterocycles. The van der Waals surface area contributed by atoms with E-state index >= 15 is 0 Å². The lowest BCUT2D eigenvalue weighted by atomic mass is 9.92. The summed E-state index contributed by atoms with van der Waals surface area (Å²) >= 11 is 6.21. The van der Waals surface area contributed by atoms with Crippen molar-refractivity contribution in [2.24, 2.45) is 5.73 Å². The molecule has 1 aromatic rings. The van der Waals surface area contributed by atoms with Crippen LogP contribution in [0.1, 0.15) is 36.1 Å². The van der Waals surface area contributed by atoms with E-state index in [0.717, 1.165) is 33.9 Å². The maximum atomic E-state index is 6.21. The van der Waals surface area contributed by atoms with Crippen molar-refractivity contribution in [2.75, 3.05) is 0 Å². The van der Waals surface area contributed by atoms with Crippen LogP contribution in [0.3, 0.4) is 0 Å². The Labute approximate surface area is 95.4 Å². The van der Waals surface area contributed by atoms with Crippen molar-refractivity contribution in [2.45, 2.75) is 39.3 Å². The summed E-state index contributed by atoms with van der Waals surface area (Å²) in [6.45, 7) is 6.04. The molecule has 0 spiro atoms. The molecular formula is C12H16ClNO. The van der Waals surface area contributed by atoms with Gasteiger partial charge in [0.2, 0.25) is 0 Å². The Kier molecular flexibility index (Phi) is 2.65. The second-order valence-electron chi connectivity index (χ2n) is 4.31. The standard InChI is InChI=1S/C12H16ClNO/c1-6-4-10-11(8(3)12(6)13)9(14)5-7(2)15-10/h4,7,9H,5,14H2,1-3H3. The summed E-state index contributed by atoms with van der Waals surface area (Å²) < 4.78 is 5.78. The molecule has 2 rings (SSSR count). The predicted octanol–water partition coefficient (Wildman–Crippen LogP) is 3.13. The Morgan fingerprint density at radius 2 is 2.13 bits per heavy atom. The number of hydrogen-bond acceptors (Lipinski definition) is 2. The second kappa shape index (κ2) is 3.69. The van der Waals surface area contributed by atoms with Gasteiger partial charge in [-0.1, -0.05) is 11.6 Å². The lowest BCUT2D eigenvalue weighted by Crippen LogP contribution is -2.28. The van der Waals surface area contributed by atoms with Gasteiger partial charge in [0.25, 0.3) is 0 Å². The second-order valence-corrected chi connectivity index (χ2v) is 4.69. The fourth-order valence-electron chi connectivity index (χ4n) is 2.24. The highest BCUT2D eigenvalue weighted by Crippen LogP contribution is 2.40. The average Bonchev–Trinajstić information content (AvgIpc) is 2.13. The van der Waals surface area contributed by atoms with Gasteiger partial charge in [-0.2, -0.15) is 0 Å². The Morgan fingerprint density at radius 1 is 1.47 bits per heavy atom. The van der Waals surface area contributed by atoms with Gasteiger partial charge in [0, 0.05) is 23.0 Å². The Balaban J connectivity index is 2.60. The van der Waals surface area contributed by atoms with Crippen LogP contribution < -0.4 is 10.5 Å². The molecule has 0 saturated carbocycles. The largest absolute Gasteiger partial charge is 0.490 e. The van der Waals surface area contributed by atoms with Crippen LogP contribution in [0.5, 0.6) is 5.75 Å². The molecule has 2 N–H and O–H groups in total. The molecule has 82 valence electrons. The minimum atomic E-state index is 0.0434. The number of benzene rings is 1. The third-order valence-corrected chi connectivity index (χ3v) is 3.56. The first-order valence-corrected chi connectivity index (χ1v) is 5.60. The normalized spacial score (nSPS) is 24.6. The van der Waals surface area contributed by atoms with Crippen molar-refractivity contribution < 1.29 is 4.74 Å². The predicted molar refractivity (Wildman–Crippen MR) is 62.6 cm³/mol. The Bertz CT molecular complexity index is 403. The van der Waals surface area contributed by atoms with Crippen LogP contribution in [0.15, 0.2) is 6.07 Å².